The summed E-state index contributed by atoms with van der Waals surface area (Å²) in [5, 5.41) is 10.5. The minimum absolute atomic E-state index is 0.109. The number of nitrogens with zero attached hydrogens (tertiary/aromatic N) is 2. The lowest BCUT2D eigenvalue weighted by Crippen LogP contribution is -2.11. The van der Waals surface area contributed by atoms with Crippen LogP contribution < -0.4 is 5.32 Å². The second-order valence-corrected chi connectivity index (χ2v) is 6.56. The third-order valence-electron chi connectivity index (χ3n) is 4.05. The number of aromatic amines is 1. The second-order valence-electron chi connectivity index (χ2n) is 5.61. The highest BCUT2D eigenvalue weighted by Crippen LogP contribution is 2.35. The average molecular weight is 336 g/mol. The number of rotatable bonds is 3. The lowest BCUT2D eigenvalue weighted by molar-refractivity contribution is 0.103. The number of H-pyrrole nitrogens is 1. The Bertz CT molecular complexity index is 1030. The lowest BCUT2D eigenvalue weighted by Gasteiger charge is -2.07. The van der Waals surface area contributed by atoms with Crippen LogP contribution in [-0.2, 0) is 7.05 Å². The number of aromatic nitrogens is 3. The molecule has 120 valence electrons. The van der Waals surface area contributed by atoms with Crippen LogP contribution in [0.1, 0.15) is 15.4 Å². The van der Waals surface area contributed by atoms with Crippen molar-refractivity contribution in [2.45, 2.75) is 6.92 Å². The maximum Gasteiger partial charge on any atom is 0.265 e. The van der Waals surface area contributed by atoms with Gasteiger partial charge in [-0.3, -0.25) is 9.48 Å². The minimum atomic E-state index is -0.109. The van der Waals surface area contributed by atoms with Gasteiger partial charge in [-0.25, -0.2) is 0 Å². The molecule has 0 fully saturated rings. The quantitative estimate of drug-likeness (QED) is 0.589. The van der Waals surface area contributed by atoms with Crippen molar-refractivity contribution >= 4 is 33.8 Å². The number of para-hydroxylation sites is 1. The molecule has 0 aliphatic heterocycles. The Morgan fingerprint density at radius 3 is 2.88 bits per heavy atom. The van der Waals surface area contributed by atoms with E-state index in [0.717, 1.165) is 33.5 Å². The predicted molar refractivity (Wildman–Crippen MR) is 97.5 cm³/mol. The van der Waals surface area contributed by atoms with Crippen molar-refractivity contribution in [3.05, 3.63) is 58.5 Å². The van der Waals surface area contributed by atoms with Gasteiger partial charge in [-0.1, -0.05) is 24.3 Å². The lowest BCUT2D eigenvalue weighted by atomic mass is 10.1. The maximum atomic E-state index is 12.5. The summed E-state index contributed by atoms with van der Waals surface area (Å²) in [5.74, 6) is -0.109. The molecule has 5 nitrogen and oxygen atoms in total. The molecule has 0 aliphatic rings. The third kappa shape index (κ3) is 2.32. The minimum Gasteiger partial charge on any atom is -0.360 e. The largest absolute Gasteiger partial charge is 0.360 e. The second kappa shape index (κ2) is 5.65. The number of anilines is 1. The van der Waals surface area contributed by atoms with Gasteiger partial charge in [0.2, 0.25) is 0 Å². The standard InChI is InChI=1S/C18H16N4OS/c1-11-16(20-18(23)15-8-5-9-24-15)17(22(2)21-11)13-10-19-14-7-4-3-6-12(13)14/h3-10,19H,1-2H3,(H,20,23). The molecule has 0 radical (unpaired) electrons. The van der Waals surface area contributed by atoms with Crippen molar-refractivity contribution in [1.29, 1.82) is 0 Å². The molecule has 2 N–H and O–H groups in total. The molecule has 3 aromatic heterocycles. The van der Waals surface area contributed by atoms with Gasteiger partial charge in [0.1, 0.15) is 0 Å². The predicted octanol–water partition coefficient (Wildman–Crippen LogP) is 4.19. The first-order valence-electron chi connectivity index (χ1n) is 7.60. The van der Waals surface area contributed by atoms with Crippen LogP contribution in [0.5, 0.6) is 0 Å². The van der Waals surface area contributed by atoms with Gasteiger partial charge in [0.05, 0.1) is 22.0 Å². The number of benzene rings is 1. The molecule has 0 atom stereocenters. The molecule has 6 heteroatoms. The normalized spacial score (nSPS) is 11.1. The topological polar surface area (TPSA) is 62.7 Å². The zero-order valence-corrected chi connectivity index (χ0v) is 14.1. The summed E-state index contributed by atoms with van der Waals surface area (Å²) in [6.07, 6.45) is 1.96. The zero-order valence-electron chi connectivity index (χ0n) is 13.3. The van der Waals surface area contributed by atoms with Gasteiger partial charge in [-0.15, -0.1) is 11.3 Å². The molecule has 0 unspecified atom stereocenters. The molecule has 4 rings (SSSR count). The number of hydrogen-bond donors (Lipinski definition) is 2. The van der Waals surface area contributed by atoms with Crippen LogP contribution in [0.3, 0.4) is 0 Å². The van der Waals surface area contributed by atoms with Crippen LogP contribution in [0.15, 0.2) is 48.0 Å². The molecule has 3 heterocycles. The Hall–Kier alpha value is -2.86. The SMILES string of the molecule is Cc1nn(C)c(-c2c[nH]c3ccccc23)c1NC(=O)c1cccs1. The Kier molecular flexibility index (Phi) is 3.46. The molecule has 1 aromatic carbocycles. The van der Waals surface area contributed by atoms with Crippen LogP contribution in [-0.4, -0.2) is 20.7 Å². The molecule has 0 saturated carbocycles. The molecule has 24 heavy (non-hydrogen) atoms. The zero-order chi connectivity index (χ0) is 16.7. The van der Waals surface area contributed by atoms with Crippen LogP contribution in [0, 0.1) is 6.92 Å². The Morgan fingerprint density at radius 1 is 1.25 bits per heavy atom. The van der Waals surface area contributed by atoms with E-state index in [-0.39, 0.29) is 5.91 Å². The Labute approximate surface area is 142 Å². The van der Waals surface area contributed by atoms with Crippen molar-refractivity contribution in [2.24, 2.45) is 7.05 Å². The molecular weight excluding hydrogens is 320 g/mol. The van der Waals surface area contributed by atoms with Crippen molar-refractivity contribution in [1.82, 2.24) is 14.8 Å². The summed E-state index contributed by atoms with van der Waals surface area (Å²) < 4.78 is 1.81. The average Bonchev–Trinajstić information content (AvgIpc) is 3.28. The maximum absolute atomic E-state index is 12.5. The van der Waals surface area contributed by atoms with Crippen molar-refractivity contribution in [3.8, 4) is 11.3 Å². The van der Waals surface area contributed by atoms with Gasteiger partial charge in [0.15, 0.2) is 0 Å². The Balaban J connectivity index is 1.83. The molecular formula is C18H16N4OS. The van der Waals surface area contributed by atoms with Gasteiger partial charge in [-0.05, 0) is 24.4 Å². The summed E-state index contributed by atoms with van der Waals surface area (Å²) in [5.41, 5.74) is 4.52. The van der Waals surface area contributed by atoms with Crippen LogP contribution in [0.4, 0.5) is 5.69 Å². The fraction of sp³-hybridized carbons (Fsp3) is 0.111. The summed E-state index contributed by atoms with van der Waals surface area (Å²) in [4.78, 5) is 16.4. The first-order chi connectivity index (χ1) is 11.6. The molecule has 0 spiro atoms. The van der Waals surface area contributed by atoms with Crippen LogP contribution in [0.25, 0.3) is 22.2 Å². The number of fused-ring (bicyclic) bond motifs is 1. The third-order valence-corrected chi connectivity index (χ3v) is 4.92. The van der Waals surface area contributed by atoms with E-state index in [9.17, 15) is 4.79 Å². The molecule has 4 aromatic rings. The van der Waals surface area contributed by atoms with Gasteiger partial charge in [-0.2, -0.15) is 5.10 Å². The highest BCUT2D eigenvalue weighted by atomic mass is 32.1. The summed E-state index contributed by atoms with van der Waals surface area (Å²) >= 11 is 1.42. The monoisotopic (exact) mass is 336 g/mol. The molecule has 0 aliphatic carbocycles. The first kappa shape index (κ1) is 14.7. The van der Waals surface area contributed by atoms with E-state index in [0.29, 0.717) is 4.88 Å². The summed E-state index contributed by atoms with van der Waals surface area (Å²) in [6, 6.07) is 11.8. The first-order valence-corrected chi connectivity index (χ1v) is 8.48. The van der Waals surface area contributed by atoms with Gasteiger partial charge >= 0.3 is 0 Å². The van der Waals surface area contributed by atoms with Gasteiger partial charge < -0.3 is 10.3 Å². The Morgan fingerprint density at radius 2 is 2.08 bits per heavy atom. The van der Waals surface area contributed by atoms with E-state index >= 15 is 0 Å². The fourth-order valence-corrected chi connectivity index (χ4v) is 3.59. The number of hydrogen-bond acceptors (Lipinski definition) is 3. The number of carbonyl (C=O) groups excluding carboxylic acids is 1. The van der Waals surface area contributed by atoms with Crippen molar-refractivity contribution in [2.75, 3.05) is 5.32 Å². The van der Waals surface area contributed by atoms with E-state index < -0.39 is 0 Å². The van der Waals surface area contributed by atoms with Crippen LogP contribution in [0.2, 0.25) is 0 Å². The van der Waals surface area contributed by atoms with Gasteiger partial charge in [0, 0.05) is 29.7 Å². The van der Waals surface area contributed by atoms with E-state index in [2.05, 4.69) is 21.5 Å². The van der Waals surface area contributed by atoms with Gasteiger partial charge in [0.25, 0.3) is 5.91 Å². The highest BCUT2D eigenvalue weighted by Gasteiger charge is 2.20. The van der Waals surface area contributed by atoms with E-state index in [1.54, 1.807) is 0 Å². The molecule has 0 saturated heterocycles. The number of amides is 1. The van der Waals surface area contributed by atoms with E-state index in [4.69, 9.17) is 0 Å². The van der Waals surface area contributed by atoms with E-state index in [1.165, 1.54) is 11.3 Å². The number of carbonyl (C=O) groups is 1. The smallest absolute Gasteiger partial charge is 0.265 e. The van der Waals surface area contributed by atoms with Crippen molar-refractivity contribution in [3.63, 3.8) is 0 Å². The molecule has 0 bridgehead atoms. The number of nitrogens with one attached hydrogen (secondary N) is 2. The van der Waals surface area contributed by atoms with E-state index in [1.807, 2.05) is 60.6 Å². The number of thiophene rings is 1. The fourth-order valence-electron chi connectivity index (χ4n) is 2.97. The highest BCUT2D eigenvalue weighted by molar-refractivity contribution is 7.12. The van der Waals surface area contributed by atoms with Crippen molar-refractivity contribution < 1.29 is 4.79 Å². The van der Waals surface area contributed by atoms with Crippen LogP contribution >= 0.6 is 11.3 Å². The summed E-state index contributed by atoms with van der Waals surface area (Å²) in [6.45, 7) is 1.91. The molecule has 1 amide bonds. The summed E-state index contributed by atoms with van der Waals surface area (Å²) in [7, 11) is 1.89. The number of aryl methyl sites for hydroxylation is 2.